The molecule has 2 aliphatic heterocycles. The maximum Gasteiger partial charge on any atom is 0.276 e. The summed E-state index contributed by atoms with van der Waals surface area (Å²) in [6.45, 7) is 2.15. The molecule has 2 aromatic carbocycles. The Morgan fingerprint density at radius 2 is 2.07 bits per heavy atom. The normalized spacial score (nSPS) is 17.8. The zero-order chi connectivity index (χ0) is 20.4. The monoisotopic (exact) mass is 474 g/mol. The van der Waals surface area contributed by atoms with E-state index in [2.05, 4.69) is 33.3 Å². The Morgan fingerprint density at radius 1 is 1.24 bits per heavy atom. The molecule has 1 atom stereocenters. The summed E-state index contributed by atoms with van der Waals surface area (Å²) >= 11 is 4.96. The number of carbonyl (C=O) groups is 1. The van der Waals surface area contributed by atoms with E-state index in [-0.39, 0.29) is 11.7 Å². The first-order chi connectivity index (χ1) is 14.1. The zero-order valence-electron chi connectivity index (χ0n) is 15.9. The van der Waals surface area contributed by atoms with Gasteiger partial charge in [0.25, 0.3) is 5.91 Å². The molecule has 0 unspecified atom stereocenters. The fourth-order valence-electron chi connectivity index (χ4n) is 3.32. The van der Waals surface area contributed by atoms with Crippen molar-refractivity contribution in [3.8, 4) is 0 Å². The van der Waals surface area contributed by atoms with Gasteiger partial charge in [-0.25, -0.2) is 9.40 Å². The number of amides is 1. The summed E-state index contributed by atoms with van der Waals surface area (Å²) in [4.78, 5) is 17.8. The molecule has 0 spiro atoms. The van der Waals surface area contributed by atoms with Crippen LogP contribution in [0.15, 0.2) is 57.0 Å². The molecule has 4 rings (SSSR count). The summed E-state index contributed by atoms with van der Waals surface area (Å²) in [7, 11) is 0. The van der Waals surface area contributed by atoms with Crippen LogP contribution in [-0.4, -0.2) is 21.8 Å². The van der Waals surface area contributed by atoms with Gasteiger partial charge < -0.3 is 0 Å². The van der Waals surface area contributed by atoms with E-state index in [0.717, 1.165) is 29.5 Å². The van der Waals surface area contributed by atoms with Gasteiger partial charge in [0.1, 0.15) is 11.5 Å². The van der Waals surface area contributed by atoms with E-state index in [0.29, 0.717) is 27.0 Å². The number of nitrogens with one attached hydrogen (secondary N) is 1. The van der Waals surface area contributed by atoms with Crippen LogP contribution in [0.4, 0.5) is 4.39 Å². The summed E-state index contributed by atoms with van der Waals surface area (Å²) in [5, 5.41) is 10.9. The van der Waals surface area contributed by atoms with E-state index in [1.165, 1.54) is 17.8 Å². The van der Waals surface area contributed by atoms with Gasteiger partial charge in [-0.1, -0.05) is 65.7 Å². The zero-order valence-corrected chi connectivity index (χ0v) is 18.3. The van der Waals surface area contributed by atoms with Crippen LogP contribution < -0.4 is 15.9 Å². The Balaban J connectivity index is 1.82. The van der Waals surface area contributed by atoms with E-state index < -0.39 is 6.17 Å². The molecule has 2 aromatic rings. The summed E-state index contributed by atoms with van der Waals surface area (Å²) in [5.41, 5.74) is 0.759. The first kappa shape index (κ1) is 20.1. The highest BCUT2D eigenvalue weighted by atomic mass is 79.9. The molecule has 5 nitrogen and oxygen atoms in total. The van der Waals surface area contributed by atoms with E-state index in [9.17, 15) is 9.18 Å². The number of carbonyl (C=O) groups excluding carboxylic acids is 1. The predicted molar refractivity (Wildman–Crippen MR) is 117 cm³/mol. The number of hydrogen-bond donors (Lipinski definition) is 1. The Kier molecular flexibility index (Phi) is 6.01. The van der Waals surface area contributed by atoms with Crippen LogP contribution in [0, 0.1) is 5.82 Å². The van der Waals surface area contributed by atoms with Crippen molar-refractivity contribution in [2.24, 2.45) is 10.1 Å². The van der Waals surface area contributed by atoms with Crippen LogP contribution in [0.2, 0.25) is 0 Å². The minimum atomic E-state index is -0.739. The summed E-state index contributed by atoms with van der Waals surface area (Å²) in [5.74, 6) is 0.229. The number of thioether (sulfide) groups is 1. The fraction of sp³-hybridized carbons (Fsp3) is 0.286. The molecule has 150 valence electrons. The van der Waals surface area contributed by atoms with E-state index >= 15 is 0 Å². The molecule has 0 saturated carbocycles. The number of nitrogens with zero attached hydrogens (tertiary/aromatic N) is 3. The second-order valence-electron chi connectivity index (χ2n) is 6.79. The van der Waals surface area contributed by atoms with Gasteiger partial charge in [-0.15, -0.1) is 5.10 Å². The Hall–Kier alpha value is -2.19. The highest BCUT2D eigenvalue weighted by Gasteiger charge is 2.35. The van der Waals surface area contributed by atoms with E-state index in [1.807, 2.05) is 18.2 Å². The Morgan fingerprint density at radius 3 is 2.86 bits per heavy atom. The molecule has 1 N–H and O–H groups in total. The molecule has 8 heteroatoms. The number of amidine groups is 1. The van der Waals surface area contributed by atoms with Crippen LogP contribution in [0.3, 0.4) is 0 Å². The van der Waals surface area contributed by atoms with Gasteiger partial charge in [-0.2, -0.15) is 0 Å². The smallest absolute Gasteiger partial charge is 0.276 e. The van der Waals surface area contributed by atoms with Gasteiger partial charge in [0.05, 0.1) is 5.36 Å². The molecule has 0 bridgehead atoms. The molecule has 29 heavy (non-hydrogen) atoms. The quantitative estimate of drug-likeness (QED) is 0.672. The first-order valence-corrected chi connectivity index (χ1v) is 11.3. The first-order valence-electron chi connectivity index (χ1n) is 9.52. The number of halogens is 2. The number of hydrogen-bond acceptors (Lipinski definition) is 5. The van der Waals surface area contributed by atoms with Gasteiger partial charge in [0.15, 0.2) is 11.3 Å². The van der Waals surface area contributed by atoms with Gasteiger partial charge in [0, 0.05) is 21.0 Å². The number of benzene rings is 2. The van der Waals surface area contributed by atoms with Crippen molar-refractivity contribution in [3.63, 3.8) is 0 Å². The summed E-state index contributed by atoms with van der Waals surface area (Å²) < 4.78 is 15.4. The van der Waals surface area contributed by atoms with Crippen molar-refractivity contribution >= 4 is 44.5 Å². The topological polar surface area (TPSA) is 57.1 Å². The molecule has 0 saturated heterocycles. The number of hydrazone groups is 1. The van der Waals surface area contributed by atoms with E-state index in [1.54, 1.807) is 23.2 Å². The predicted octanol–water partition coefficient (Wildman–Crippen LogP) is 3.65. The highest BCUT2D eigenvalue weighted by Crippen LogP contribution is 2.32. The maximum atomic E-state index is 14.6. The SMILES string of the molecule is CCCCCSC1=NN2C(=c3cc(Br)ccc3=N[C@H]2c2ccccc2F)C(=O)N1. The third-order valence-electron chi connectivity index (χ3n) is 4.74. The lowest BCUT2D eigenvalue weighted by atomic mass is 10.1. The minimum Gasteiger partial charge on any atom is -0.298 e. The molecule has 0 aliphatic carbocycles. The summed E-state index contributed by atoms with van der Waals surface area (Å²) in [6.07, 6.45) is 2.56. The van der Waals surface area contributed by atoms with Crippen molar-refractivity contribution in [1.29, 1.82) is 0 Å². The molecule has 0 radical (unpaired) electrons. The molecule has 1 amide bonds. The summed E-state index contributed by atoms with van der Waals surface area (Å²) in [6, 6.07) is 12.0. The number of unbranched alkanes of at least 4 members (excludes halogenated alkanes) is 2. The molecule has 0 fully saturated rings. The maximum absolute atomic E-state index is 14.6. The van der Waals surface area contributed by atoms with Crippen LogP contribution >= 0.6 is 27.7 Å². The van der Waals surface area contributed by atoms with Crippen LogP contribution in [0.1, 0.15) is 37.9 Å². The van der Waals surface area contributed by atoms with Gasteiger partial charge in [-0.3, -0.25) is 15.1 Å². The van der Waals surface area contributed by atoms with Crippen molar-refractivity contribution < 1.29 is 9.18 Å². The van der Waals surface area contributed by atoms with Crippen LogP contribution in [0.5, 0.6) is 0 Å². The third-order valence-corrected chi connectivity index (χ3v) is 6.18. The average Bonchev–Trinajstić information content (AvgIpc) is 2.71. The molecule has 0 aromatic heterocycles. The second-order valence-corrected chi connectivity index (χ2v) is 8.79. The Bertz CT molecular complexity index is 1100. The van der Waals surface area contributed by atoms with Gasteiger partial charge in [0.2, 0.25) is 0 Å². The van der Waals surface area contributed by atoms with E-state index in [4.69, 9.17) is 4.99 Å². The van der Waals surface area contributed by atoms with Crippen molar-refractivity contribution in [2.75, 3.05) is 5.75 Å². The minimum absolute atomic E-state index is 0.256. The molecule has 2 aliphatic rings. The molecule has 2 heterocycles. The largest absolute Gasteiger partial charge is 0.298 e. The average molecular weight is 475 g/mol. The lowest BCUT2D eigenvalue weighted by molar-refractivity contribution is -0.116. The highest BCUT2D eigenvalue weighted by molar-refractivity contribution is 9.10. The van der Waals surface area contributed by atoms with Gasteiger partial charge in [-0.05, 0) is 30.7 Å². The molecular weight excluding hydrogens is 455 g/mol. The lowest BCUT2D eigenvalue weighted by Gasteiger charge is -2.34. The number of fused-ring (bicyclic) bond motifs is 2. The van der Waals surface area contributed by atoms with Gasteiger partial charge >= 0.3 is 0 Å². The lowest BCUT2D eigenvalue weighted by Crippen LogP contribution is -2.50. The van der Waals surface area contributed by atoms with Crippen molar-refractivity contribution in [3.05, 3.63) is 68.9 Å². The van der Waals surface area contributed by atoms with Crippen LogP contribution in [0.25, 0.3) is 5.70 Å². The molecular formula is C21H20BrFN4OS. The fourth-order valence-corrected chi connectivity index (χ4v) is 4.54. The van der Waals surface area contributed by atoms with Crippen LogP contribution in [-0.2, 0) is 4.79 Å². The standard InChI is InChI=1S/C21H20BrFN4OS/c1-2-3-6-11-29-21-25-20(28)18-15-12-13(22)9-10-17(15)24-19(27(18)26-21)14-7-4-5-8-16(14)23/h4-5,7-10,12,19H,2-3,6,11H2,1H3,(H,25,26,28)/t19-/m1/s1. The number of rotatable bonds is 5. The Labute approximate surface area is 180 Å². The van der Waals surface area contributed by atoms with Crippen molar-refractivity contribution in [2.45, 2.75) is 32.4 Å². The third kappa shape index (κ3) is 4.09. The second kappa shape index (κ2) is 8.67. The van der Waals surface area contributed by atoms with Crippen molar-refractivity contribution in [1.82, 2.24) is 10.3 Å².